The Bertz CT molecular complexity index is 101. The second-order valence-electron chi connectivity index (χ2n) is 3.29. The van der Waals surface area contributed by atoms with Crippen LogP contribution in [-0.2, 0) is 0 Å². The summed E-state index contributed by atoms with van der Waals surface area (Å²) in [5.74, 6) is 1.31. The van der Waals surface area contributed by atoms with Crippen molar-refractivity contribution in [3.05, 3.63) is 0 Å². The van der Waals surface area contributed by atoms with Gasteiger partial charge in [0.25, 0.3) is 0 Å². The molecule has 0 bridgehead atoms. The minimum Gasteiger partial charge on any atom is -0.301 e. The van der Waals surface area contributed by atoms with Gasteiger partial charge in [0.2, 0.25) is 0 Å². The summed E-state index contributed by atoms with van der Waals surface area (Å²) < 4.78 is 0. The molecule has 2 heteroatoms. The molecule has 1 heterocycles. The summed E-state index contributed by atoms with van der Waals surface area (Å²) in [7, 11) is 0. The molecule has 1 nitrogen and oxygen atoms in total. The van der Waals surface area contributed by atoms with Crippen LogP contribution in [0.3, 0.4) is 0 Å². The fourth-order valence-corrected chi connectivity index (χ4v) is 2.54. The Morgan fingerprint density at radius 3 is 2.56 bits per heavy atom. The van der Waals surface area contributed by atoms with Crippen molar-refractivity contribution in [2.24, 2.45) is 0 Å². The predicted molar refractivity (Wildman–Crippen MR) is 43.8 cm³/mol. The van der Waals surface area contributed by atoms with Crippen LogP contribution in [0.15, 0.2) is 0 Å². The summed E-state index contributed by atoms with van der Waals surface area (Å²) in [6.07, 6.45) is 1.29. The van der Waals surface area contributed by atoms with Crippen LogP contribution in [-0.4, -0.2) is 16.7 Å². The summed E-state index contributed by atoms with van der Waals surface area (Å²) in [5.41, 5.74) is 0.380. The van der Waals surface area contributed by atoms with E-state index >= 15 is 0 Å². The Morgan fingerprint density at radius 2 is 2.22 bits per heavy atom. The second-order valence-corrected chi connectivity index (χ2v) is 4.74. The highest BCUT2D eigenvalue weighted by molar-refractivity contribution is 7.99. The highest BCUT2D eigenvalue weighted by Gasteiger charge is 2.24. The standard InChI is InChI=1S/C7H15NS/c1-6-8-7(2,3)4-5-9-6/h6,8H,4-5H2,1-3H3. The highest BCUT2D eigenvalue weighted by atomic mass is 32.2. The van der Waals surface area contributed by atoms with E-state index in [0.29, 0.717) is 10.9 Å². The van der Waals surface area contributed by atoms with Crippen molar-refractivity contribution >= 4 is 11.8 Å². The van der Waals surface area contributed by atoms with Gasteiger partial charge in [0.05, 0.1) is 5.37 Å². The van der Waals surface area contributed by atoms with Crippen molar-refractivity contribution in [1.29, 1.82) is 0 Å². The zero-order valence-electron chi connectivity index (χ0n) is 6.40. The molecule has 1 saturated heterocycles. The molecule has 1 aliphatic rings. The van der Waals surface area contributed by atoms with E-state index in [1.165, 1.54) is 12.2 Å². The molecule has 54 valence electrons. The summed E-state index contributed by atoms with van der Waals surface area (Å²) in [4.78, 5) is 0. The molecular weight excluding hydrogens is 130 g/mol. The molecule has 1 rings (SSSR count). The predicted octanol–water partition coefficient (Wildman–Crippen LogP) is 1.84. The zero-order chi connectivity index (χ0) is 6.91. The Kier molecular flexibility index (Phi) is 2.07. The lowest BCUT2D eigenvalue weighted by atomic mass is 10.0. The summed E-state index contributed by atoms with van der Waals surface area (Å²) >= 11 is 2.01. The van der Waals surface area contributed by atoms with E-state index in [9.17, 15) is 0 Å². The lowest BCUT2D eigenvalue weighted by Gasteiger charge is -2.34. The minimum absolute atomic E-state index is 0.380. The molecule has 1 atom stereocenters. The molecule has 0 aromatic rings. The van der Waals surface area contributed by atoms with Gasteiger partial charge < -0.3 is 5.32 Å². The molecule has 0 radical (unpaired) electrons. The van der Waals surface area contributed by atoms with Gasteiger partial charge in [-0.1, -0.05) is 0 Å². The first-order chi connectivity index (χ1) is 4.10. The number of nitrogens with one attached hydrogen (secondary N) is 1. The summed E-state index contributed by atoms with van der Waals surface area (Å²) in [5, 5.41) is 4.17. The molecule has 0 spiro atoms. The Labute approximate surface area is 61.6 Å². The van der Waals surface area contributed by atoms with Gasteiger partial charge in [-0.15, -0.1) is 11.8 Å². The fraction of sp³-hybridized carbons (Fsp3) is 1.00. The number of hydrogen-bond acceptors (Lipinski definition) is 2. The van der Waals surface area contributed by atoms with Gasteiger partial charge in [-0.3, -0.25) is 0 Å². The van der Waals surface area contributed by atoms with Gasteiger partial charge in [0.15, 0.2) is 0 Å². The third kappa shape index (κ3) is 2.18. The topological polar surface area (TPSA) is 12.0 Å². The average Bonchev–Trinajstić information content (AvgIpc) is 1.60. The monoisotopic (exact) mass is 145 g/mol. The van der Waals surface area contributed by atoms with Crippen molar-refractivity contribution in [3.63, 3.8) is 0 Å². The van der Waals surface area contributed by atoms with Gasteiger partial charge in [-0.05, 0) is 32.9 Å². The van der Waals surface area contributed by atoms with Gasteiger partial charge in [-0.2, -0.15) is 0 Å². The molecule has 0 amide bonds. The van der Waals surface area contributed by atoms with E-state index in [2.05, 4.69) is 26.1 Å². The normalized spacial score (nSPS) is 34.3. The van der Waals surface area contributed by atoms with Crippen molar-refractivity contribution < 1.29 is 0 Å². The average molecular weight is 145 g/mol. The molecule has 0 aromatic carbocycles. The van der Waals surface area contributed by atoms with Gasteiger partial charge in [-0.25, -0.2) is 0 Å². The van der Waals surface area contributed by atoms with Gasteiger partial charge >= 0.3 is 0 Å². The lowest BCUT2D eigenvalue weighted by molar-refractivity contribution is 0.365. The number of rotatable bonds is 0. The SMILES string of the molecule is CC1NC(C)(C)CCS1. The maximum atomic E-state index is 3.52. The molecule has 1 aliphatic heterocycles. The largest absolute Gasteiger partial charge is 0.301 e. The van der Waals surface area contributed by atoms with Crippen LogP contribution in [0.5, 0.6) is 0 Å². The quantitative estimate of drug-likeness (QED) is 0.558. The van der Waals surface area contributed by atoms with E-state index < -0.39 is 0 Å². The minimum atomic E-state index is 0.380. The third-order valence-corrected chi connectivity index (χ3v) is 2.75. The van der Waals surface area contributed by atoms with Crippen molar-refractivity contribution in [3.8, 4) is 0 Å². The smallest absolute Gasteiger partial charge is 0.0507 e. The highest BCUT2D eigenvalue weighted by Crippen LogP contribution is 2.23. The second kappa shape index (κ2) is 2.51. The zero-order valence-corrected chi connectivity index (χ0v) is 7.22. The van der Waals surface area contributed by atoms with Crippen LogP contribution in [0.2, 0.25) is 0 Å². The number of thioether (sulfide) groups is 1. The van der Waals surface area contributed by atoms with Crippen LogP contribution in [0.4, 0.5) is 0 Å². The first-order valence-electron chi connectivity index (χ1n) is 3.49. The maximum Gasteiger partial charge on any atom is 0.0507 e. The van der Waals surface area contributed by atoms with Crippen LogP contribution < -0.4 is 5.32 Å². The Balaban J connectivity index is 2.41. The molecule has 1 fully saturated rings. The molecule has 0 saturated carbocycles. The summed E-state index contributed by atoms with van der Waals surface area (Å²) in [6, 6.07) is 0. The van der Waals surface area contributed by atoms with E-state index in [0.717, 1.165) is 0 Å². The third-order valence-electron chi connectivity index (χ3n) is 1.69. The maximum absolute atomic E-state index is 3.52. The first-order valence-corrected chi connectivity index (χ1v) is 4.54. The van der Waals surface area contributed by atoms with Gasteiger partial charge in [0, 0.05) is 5.54 Å². The van der Waals surface area contributed by atoms with Crippen molar-refractivity contribution in [2.75, 3.05) is 5.75 Å². The van der Waals surface area contributed by atoms with E-state index in [-0.39, 0.29) is 0 Å². The van der Waals surface area contributed by atoms with Crippen LogP contribution in [0, 0.1) is 0 Å². The van der Waals surface area contributed by atoms with E-state index in [1.807, 2.05) is 11.8 Å². The van der Waals surface area contributed by atoms with Gasteiger partial charge in [0.1, 0.15) is 0 Å². The fourth-order valence-electron chi connectivity index (χ4n) is 1.15. The molecular formula is C7H15NS. The number of hydrogen-bond donors (Lipinski definition) is 1. The first kappa shape index (κ1) is 7.42. The molecule has 0 aromatic heterocycles. The van der Waals surface area contributed by atoms with Crippen LogP contribution in [0.25, 0.3) is 0 Å². The van der Waals surface area contributed by atoms with E-state index in [4.69, 9.17) is 0 Å². The Hall–Kier alpha value is 0.310. The molecule has 1 N–H and O–H groups in total. The van der Waals surface area contributed by atoms with Crippen molar-refractivity contribution in [1.82, 2.24) is 5.32 Å². The lowest BCUT2D eigenvalue weighted by Crippen LogP contribution is -2.47. The molecule has 0 aliphatic carbocycles. The Morgan fingerprint density at radius 1 is 1.56 bits per heavy atom. The van der Waals surface area contributed by atoms with Crippen LogP contribution >= 0.6 is 11.8 Å². The summed E-state index contributed by atoms with van der Waals surface area (Å²) in [6.45, 7) is 6.76. The van der Waals surface area contributed by atoms with Crippen LogP contribution in [0.1, 0.15) is 27.2 Å². The molecule has 1 unspecified atom stereocenters. The molecule has 9 heavy (non-hydrogen) atoms. The van der Waals surface area contributed by atoms with Crippen molar-refractivity contribution in [2.45, 2.75) is 38.1 Å². The van der Waals surface area contributed by atoms with E-state index in [1.54, 1.807) is 0 Å².